The lowest BCUT2D eigenvalue weighted by molar-refractivity contribution is -0.113. The molecule has 0 fully saturated rings. The predicted molar refractivity (Wildman–Crippen MR) is 95.8 cm³/mol. The number of nitrogens with two attached hydrogens (primary N) is 1. The summed E-state index contributed by atoms with van der Waals surface area (Å²) in [6.45, 7) is 13.9. The van der Waals surface area contributed by atoms with Crippen LogP contribution in [0.25, 0.3) is 0 Å². The molecule has 0 bridgehead atoms. The zero-order valence-corrected chi connectivity index (χ0v) is 15.3. The van der Waals surface area contributed by atoms with Crippen LogP contribution in [0.5, 0.6) is 0 Å². The molecule has 0 aliphatic carbocycles. The van der Waals surface area contributed by atoms with E-state index in [0.29, 0.717) is 5.69 Å². The minimum Gasteiger partial charge on any atom is -0.351 e. The first-order valence-corrected chi connectivity index (χ1v) is 7.80. The van der Waals surface area contributed by atoms with E-state index in [-0.39, 0.29) is 17.7 Å². The van der Waals surface area contributed by atoms with E-state index in [0.717, 1.165) is 22.3 Å². The minimum absolute atomic E-state index is 0.0495. The standard InChI is InChI=1S/C19H28N2O2/c1-12-8-14(3)17(9-13(12)2)21(18(20)23)11-16(22)10-15(4)19(5,6)7/h8-10H,11H2,1-7H3,(H2,20,23)/b15-10+. The number of rotatable bonds is 4. The number of benzene rings is 1. The van der Waals surface area contributed by atoms with Crippen molar-refractivity contribution in [3.8, 4) is 0 Å². The van der Waals surface area contributed by atoms with Crippen molar-refractivity contribution in [3.63, 3.8) is 0 Å². The van der Waals surface area contributed by atoms with Crippen LogP contribution in [-0.2, 0) is 4.79 Å². The molecule has 126 valence electrons. The monoisotopic (exact) mass is 316 g/mol. The number of hydrogen-bond donors (Lipinski definition) is 1. The van der Waals surface area contributed by atoms with Crippen molar-refractivity contribution in [2.75, 3.05) is 11.4 Å². The Morgan fingerprint density at radius 1 is 1.09 bits per heavy atom. The highest BCUT2D eigenvalue weighted by molar-refractivity contribution is 6.02. The molecule has 2 amide bonds. The number of primary amides is 1. The molecular weight excluding hydrogens is 288 g/mol. The fraction of sp³-hybridized carbons (Fsp3) is 0.474. The van der Waals surface area contributed by atoms with E-state index >= 15 is 0 Å². The Bertz CT molecular complexity index is 652. The van der Waals surface area contributed by atoms with Crippen LogP contribution in [0.4, 0.5) is 10.5 Å². The summed E-state index contributed by atoms with van der Waals surface area (Å²) in [5, 5.41) is 0. The fourth-order valence-electron chi connectivity index (χ4n) is 2.18. The second-order valence-electron chi connectivity index (χ2n) is 7.19. The molecule has 0 saturated carbocycles. The van der Waals surface area contributed by atoms with Gasteiger partial charge in [0.2, 0.25) is 0 Å². The maximum absolute atomic E-state index is 12.3. The number of anilines is 1. The van der Waals surface area contributed by atoms with Crippen molar-refractivity contribution in [1.82, 2.24) is 0 Å². The van der Waals surface area contributed by atoms with Crippen LogP contribution in [0.15, 0.2) is 23.8 Å². The van der Waals surface area contributed by atoms with Crippen LogP contribution < -0.4 is 10.6 Å². The number of aryl methyl sites for hydroxylation is 3. The SMILES string of the molecule is C/C(=C\C(=O)CN(C(N)=O)c1cc(C)c(C)cc1C)C(C)(C)C. The van der Waals surface area contributed by atoms with E-state index < -0.39 is 6.03 Å². The molecule has 0 aliphatic heterocycles. The topological polar surface area (TPSA) is 63.4 Å². The van der Waals surface area contributed by atoms with Gasteiger partial charge < -0.3 is 5.73 Å². The molecule has 4 heteroatoms. The van der Waals surface area contributed by atoms with Crippen LogP contribution in [-0.4, -0.2) is 18.4 Å². The second-order valence-corrected chi connectivity index (χ2v) is 7.19. The van der Waals surface area contributed by atoms with Gasteiger partial charge in [0.15, 0.2) is 5.78 Å². The van der Waals surface area contributed by atoms with E-state index in [1.54, 1.807) is 6.08 Å². The number of carbonyl (C=O) groups excluding carboxylic acids is 2. The highest BCUT2D eigenvalue weighted by Gasteiger charge is 2.20. The molecule has 0 aliphatic rings. The Kier molecular flexibility index (Phi) is 5.75. The first-order valence-electron chi connectivity index (χ1n) is 7.80. The number of nitrogens with zero attached hydrogens (tertiary/aromatic N) is 1. The number of urea groups is 1. The first-order chi connectivity index (χ1) is 10.4. The smallest absolute Gasteiger partial charge is 0.319 e. The summed E-state index contributed by atoms with van der Waals surface area (Å²) in [4.78, 5) is 25.5. The van der Waals surface area contributed by atoms with Crippen molar-refractivity contribution in [1.29, 1.82) is 0 Å². The summed E-state index contributed by atoms with van der Waals surface area (Å²) in [6.07, 6.45) is 1.60. The summed E-state index contributed by atoms with van der Waals surface area (Å²) in [7, 11) is 0. The molecule has 2 N–H and O–H groups in total. The lowest BCUT2D eigenvalue weighted by atomic mass is 9.87. The van der Waals surface area contributed by atoms with Gasteiger partial charge >= 0.3 is 6.03 Å². The van der Waals surface area contributed by atoms with Gasteiger partial charge in [-0.3, -0.25) is 9.69 Å². The average molecular weight is 316 g/mol. The van der Waals surface area contributed by atoms with Crippen molar-refractivity contribution in [3.05, 3.63) is 40.5 Å². The van der Waals surface area contributed by atoms with Crippen molar-refractivity contribution in [2.45, 2.75) is 48.5 Å². The van der Waals surface area contributed by atoms with Gasteiger partial charge in [-0.1, -0.05) is 32.4 Å². The first kappa shape index (κ1) is 18.9. The predicted octanol–water partition coefficient (Wildman–Crippen LogP) is 4.06. The zero-order valence-electron chi connectivity index (χ0n) is 15.3. The van der Waals surface area contributed by atoms with Crippen molar-refractivity contribution in [2.24, 2.45) is 11.1 Å². The maximum Gasteiger partial charge on any atom is 0.319 e. The Hall–Kier alpha value is -2.10. The second kappa shape index (κ2) is 6.99. The Balaban J connectivity index is 3.13. The maximum atomic E-state index is 12.3. The Morgan fingerprint density at radius 2 is 1.61 bits per heavy atom. The van der Waals surface area contributed by atoms with Crippen LogP contribution in [0.1, 0.15) is 44.4 Å². The van der Waals surface area contributed by atoms with E-state index in [4.69, 9.17) is 5.73 Å². The Labute approximate surface area is 139 Å². The van der Waals surface area contributed by atoms with Crippen LogP contribution in [0.3, 0.4) is 0 Å². The average Bonchev–Trinajstić information content (AvgIpc) is 2.39. The van der Waals surface area contributed by atoms with E-state index in [1.165, 1.54) is 4.90 Å². The molecular formula is C19H28N2O2. The van der Waals surface area contributed by atoms with Crippen LogP contribution in [0.2, 0.25) is 0 Å². The number of ketones is 1. The van der Waals surface area contributed by atoms with Gasteiger partial charge in [-0.05, 0) is 61.9 Å². The zero-order chi connectivity index (χ0) is 17.9. The Morgan fingerprint density at radius 3 is 2.09 bits per heavy atom. The molecule has 1 aromatic rings. The third-order valence-corrected chi connectivity index (χ3v) is 4.24. The summed E-state index contributed by atoms with van der Waals surface area (Å²) in [5.41, 5.74) is 10.2. The summed E-state index contributed by atoms with van der Waals surface area (Å²) >= 11 is 0. The van der Waals surface area contributed by atoms with Gasteiger partial charge in [0.1, 0.15) is 0 Å². The lowest BCUT2D eigenvalue weighted by Crippen LogP contribution is -2.40. The number of hydrogen-bond acceptors (Lipinski definition) is 2. The van der Waals surface area contributed by atoms with Gasteiger partial charge in [0.25, 0.3) is 0 Å². The van der Waals surface area contributed by atoms with Gasteiger partial charge in [-0.15, -0.1) is 0 Å². The van der Waals surface area contributed by atoms with Gasteiger partial charge in [-0.2, -0.15) is 0 Å². The molecule has 4 nitrogen and oxygen atoms in total. The fourth-order valence-corrected chi connectivity index (χ4v) is 2.18. The molecule has 0 saturated heterocycles. The van der Waals surface area contributed by atoms with Gasteiger partial charge in [-0.25, -0.2) is 4.79 Å². The van der Waals surface area contributed by atoms with E-state index in [1.807, 2.05) is 60.6 Å². The highest BCUT2D eigenvalue weighted by Crippen LogP contribution is 2.26. The summed E-state index contributed by atoms with van der Waals surface area (Å²) < 4.78 is 0. The molecule has 0 radical (unpaired) electrons. The van der Waals surface area contributed by atoms with Crippen LogP contribution in [0, 0.1) is 26.2 Å². The molecule has 0 spiro atoms. The number of allylic oxidation sites excluding steroid dienone is 1. The lowest BCUT2D eigenvalue weighted by Gasteiger charge is -2.23. The molecule has 1 rings (SSSR count). The molecule has 23 heavy (non-hydrogen) atoms. The normalized spacial score (nSPS) is 12.2. The van der Waals surface area contributed by atoms with Gasteiger partial charge in [0.05, 0.1) is 6.54 Å². The number of amides is 2. The van der Waals surface area contributed by atoms with Crippen molar-refractivity contribution < 1.29 is 9.59 Å². The van der Waals surface area contributed by atoms with Crippen molar-refractivity contribution >= 4 is 17.5 Å². The van der Waals surface area contributed by atoms with E-state index in [9.17, 15) is 9.59 Å². The molecule has 0 unspecified atom stereocenters. The van der Waals surface area contributed by atoms with E-state index in [2.05, 4.69) is 0 Å². The summed E-state index contributed by atoms with van der Waals surface area (Å²) in [6, 6.07) is 3.29. The third-order valence-electron chi connectivity index (χ3n) is 4.24. The quantitative estimate of drug-likeness (QED) is 0.851. The minimum atomic E-state index is -0.619. The third kappa shape index (κ3) is 4.95. The molecule has 0 atom stereocenters. The molecule has 1 aromatic carbocycles. The highest BCUT2D eigenvalue weighted by atomic mass is 16.2. The van der Waals surface area contributed by atoms with Crippen LogP contribution >= 0.6 is 0 Å². The molecule has 0 heterocycles. The van der Waals surface area contributed by atoms with Gasteiger partial charge in [0, 0.05) is 5.69 Å². The number of carbonyl (C=O) groups is 2. The molecule has 0 aromatic heterocycles. The summed E-state index contributed by atoms with van der Waals surface area (Å²) in [5.74, 6) is -0.131. The largest absolute Gasteiger partial charge is 0.351 e.